The maximum absolute atomic E-state index is 11.7. The van der Waals surface area contributed by atoms with Crippen LogP contribution >= 0.6 is 0 Å². The average molecular weight is 213 g/mol. The van der Waals surface area contributed by atoms with E-state index in [1.165, 1.54) is 0 Å². The van der Waals surface area contributed by atoms with Crippen LogP contribution in [-0.2, 0) is 9.84 Å². The minimum atomic E-state index is -3.11. The van der Waals surface area contributed by atoms with Crippen LogP contribution in [0.3, 0.4) is 0 Å². The van der Waals surface area contributed by atoms with Gasteiger partial charge in [-0.15, -0.1) is 0 Å². The number of nitrogens with two attached hydrogens (primary N) is 1. The SMILES string of the molecule is CCCS(=O)(=O)c1ccc(N)cc1C. The molecule has 0 bridgehead atoms. The molecule has 0 amide bonds. The van der Waals surface area contributed by atoms with Crippen molar-refractivity contribution in [2.75, 3.05) is 11.5 Å². The van der Waals surface area contributed by atoms with Crippen LogP contribution in [0, 0.1) is 6.92 Å². The van der Waals surface area contributed by atoms with Crippen LogP contribution in [-0.4, -0.2) is 14.2 Å². The topological polar surface area (TPSA) is 60.2 Å². The Morgan fingerprint density at radius 1 is 1.36 bits per heavy atom. The summed E-state index contributed by atoms with van der Waals surface area (Å²) in [6, 6.07) is 4.88. The summed E-state index contributed by atoms with van der Waals surface area (Å²) in [5, 5.41) is 0. The van der Waals surface area contributed by atoms with Gasteiger partial charge < -0.3 is 5.73 Å². The van der Waals surface area contributed by atoms with Crippen molar-refractivity contribution in [3.05, 3.63) is 23.8 Å². The molecule has 14 heavy (non-hydrogen) atoms. The molecule has 1 aromatic carbocycles. The normalized spacial score (nSPS) is 11.6. The van der Waals surface area contributed by atoms with Gasteiger partial charge in [-0.2, -0.15) is 0 Å². The third kappa shape index (κ3) is 2.26. The molecular formula is C10H15NO2S. The molecule has 0 saturated heterocycles. The van der Waals surface area contributed by atoms with Crippen molar-refractivity contribution in [2.24, 2.45) is 0 Å². The minimum absolute atomic E-state index is 0.192. The summed E-state index contributed by atoms with van der Waals surface area (Å²) in [5.74, 6) is 0.192. The second-order valence-corrected chi connectivity index (χ2v) is 5.42. The monoisotopic (exact) mass is 213 g/mol. The molecule has 1 rings (SSSR count). The van der Waals surface area contributed by atoms with Crippen molar-refractivity contribution in [1.29, 1.82) is 0 Å². The zero-order valence-electron chi connectivity index (χ0n) is 8.45. The highest BCUT2D eigenvalue weighted by Crippen LogP contribution is 2.19. The maximum Gasteiger partial charge on any atom is 0.178 e. The van der Waals surface area contributed by atoms with Gasteiger partial charge in [0.25, 0.3) is 0 Å². The summed E-state index contributed by atoms with van der Waals surface area (Å²) in [7, 11) is -3.11. The molecule has 3 nitrogen and oxygen atoms in total. The van der Waals surface area contributed by atoms with Crippen LogP contribution in [0.5, 0.6) is 0 Å². The number of anilines is 1. The van der Waals surface area contributed by atoms with Crippen molar-refractivity contribution in [2.45, 2.75) is 25.2 Å². The molecule has 0 radical (unpaired) electrons. The number of hydrogen-bond donors (Lipinski definition) is 1. The van der Waals surface area contributed by atoms with Gasteiger partial charge in [-0.3, -0.25) is 0 Å². The smallest absolute Gasteiger partial charge is 0.178 e. The fourth-order valence-corrected chi connectivity index (χ4v) is 2.98. The van der Waals surface area contributed by atoms with Gasteiger partial charge in [0.2, 0.25) is 0 Å². The van der Waals surface area contributed by atoms with Gasteiger partial charge >= 0.3 is 0 Å². The standard InChI is InChI=1S/C10H15NO2S/c1-3-6-14(12,13)10-5-4-9(11)7-8(10)2/h4-5,7H,3,6,11H2,1-2H3. The van der Waals surface area contributed by atoms with Crippen LogP contribution in [0.4, 0.5) is 5.69 Å². The third-order valence-corrected chi connectivity index (χ3v) is 4.08. The van der Waals surface area contributed by atoms with E-state index >= 15 is 0 Å². The molecule has 0 heterocycles. The molecule has 1 aromatic rings. The Morgan fingerprint density at radius 3 is 2.50 bits per heavy atom. The van der Waals surface area contributed by atoms with E-state index in [4.69, 9.17) is 5.73 Å². The Balaban J connectivity index is 3.20. The first-order valence-corrected chi connectivity index (χ1v) is 6.21. The van der Waals surface area contributed by atoms with Gasteiger partial charge in [0, 0.05) is 5.69 Å². The van der Waals surface area contributed by atoms with E-state index < -0.39 is 9.84 Å². The van der Waals surface area contributed by atoms with E-state index in [1.807, 2.05) is 6.92 Å². The number of benzene rings is 1. The summed E-state index contributed by atoms with van der Waals surface area (Å²) in [6.45, 7) is 3.61. The first-order chi connectivity index (χ1) is 6.47. The third-order valence-electron chi connectivity index (χ3n) is 2.01. The van der Waals surface area contributed by atoms with E-state index in [0.29, 0.717) is 17.0 Å². The molecule has 78 valence electrons. The zero-order chi connectivity index (χ0) is 10.8. The molecule has 0 aliphatic heterocycles. The van der Waals surface area contributed by atoms with E-state index in [-0.39, 0.29) is 5.75 Å². The first-order valence-electron chi connectivity index (χ1n) is 4.56. The lowest BCUT2D eigenvalue weighted by atomic mass is 10.2. The summed E-state index contributed by atoms with van der Waals surface area (Å²) >= 11 is 0. The molecule has 0 aromatic heterocycles. The second kappa shape index (κ2) is 4.00. The number of sulfone groups is 1. The van der Waals surface area contributed by atoms with Gasteiger partial charge in [-0.1, -0.05) is 6.92 Å². The van der Waals surface area contributed by atoms with Gasteiger partial charge in [0.1, 0.15) is 0 Å². The van der Waals surface area contributed by atoms with Crippen molar-refractivity contribution in [1.82, 2.24) is 0 Å². The molecule has 0 fully saturated rings. The predicted octanol–water partition coefficient (Wildman–Crippen LogP) is 1.76. The number of rotatable bonds is 3. The quantitative estimate of drug-likeness (QED) is 0.778. The van der Waals surface area contributed by atoms with Gasteiger partial charge in [0.05, 0.1) is 10.6 Å². The molecule has 0 saturated carbocycles. The Kier molecular flexibility index (Phi) is 3.16. The fourth-order valence-electron chi connectivity index (χ4n) is 1.40. The second-order valence-electron chi connectivity index (χ2n) is 3.34. The maximum atomic E-state index is 11.7. The summed E-state index contributed by atoms with van der Waals surface area (Å²) in [5.41, 5.74) is 6.87. The lowest BCUT2D eigenvalue weighted by Gasteiger charge is -2.06. The van der Waals surface area contributed by atoms with Gasteiger partial charge in [-0.05, 0) is 37.1 Å². The van der Waals surface area contributed by atoms with Crippen LogP contribution in [0.15, 0.2) is 23.1 Å². The fraction of sp³-hybridized carbons (Fsp3) is 0.400. The number of aryl methyl sites for hydroxylation is 1. The van der Waals surface area contributed by atoms with Crippen LogP contribution in [0.25, 0.3) is 0 Å². The molecule has 0 atom stereocenters. The first kappa shape index (κ1) is 11.0. The van der Waals surface area contributed by atoms with Gasteiger partial charge in [0.15, 0.2) is 9.84 Å². The van der Waals surface area contributed by atoms with Crippen LogP contribution < -0.4 is 5.73 Å². The highest BCUT2D eigenvalue weighted by atomic mass is 32.2. The Hall–Kier alpha value is -1.03. The lowest BCUT2D eigenvalue weighted by molar-refractivity contribution is 0.594. The summed E-state index contributed by atoms with van der Waals surface area (Å²) in [4.78, 5) is 0.397. The zero-order valence-corrected chi connectivity index (χ0v) is 9.26. The summed E-state index contributed by atoms with van der Waals surface area (Å²) in [6.07, 6.45) is 0.631. The minimum Gasteiger partial charge on any atom is -0.399 e. The van der Waals surface area contributed by atoms with E-state index in [0.717, 1.165) is 5.56 Å². The van der Waals surface area contributed by atoms with E-state index in [9.17, 15) is 8.42 Å². The highest BCUT2D eigenvalue weighted by Gasteiger charge is 2.15. The van der Waals surface area contributed by atoms with Gasteiger partial charge in [-0.25, -0.2) is 8.42 Å². The van der Waals surface area contributed by atoms with E-state index in [1.54, 1.807) is 25.1 Å². The van der Waals surface area contributed by atoms with Crippen LogP contribution in [0.1, 0.15) is 18.9 Å². The van der Waals surface area contributed by atoms with E-state index in [2.05, 4.69) is 0 Å². The molecular weight excluding hydrogens is 198 g/mol. The predicted molar refractivity (Wildman–Crippen MR) is 57.9 cm³/mol. The van der Waals surface area contributed by atoms with Crippen LogP contribution in [0.2, 0.25) is 0 Å². The van der Waals surface area contributed by atoms with Crippen molar-refractivity contribution >= 4 is 15.5 Å². The average Bonchev–Trinajstić information content (AvgIpc) is 2.02. The molecule has 0 unspecified atom stereocenters. The van der Waals surface area contributed by atoms with Crippen molar-refractivity contribution in [3.63, 3.8) is 0 Å². The highest BCUT2D eigenvalue weighted by molar-refractivity contribution is 7.91. The molecule has 4 heteroatoms. The molecule has 0 aliphatic carbocycles. The molecule has 0 spiro atoms. The molecule has 2 N–H and O–H groups in total. The summed E-state index contributed by atoms with van der Waals surface area (Å²) < 4.78 is 23.4. The number of hydrogen-bond acceptors (Lipinski definition) is 3. The van der Waals surface area contributed by atoms with Crippen molar-refractivity contribution in [3.8, 4) is 0 Å². The number of nitrogen functional groups attached to an aromatic ring is 1. The van der Waals surface area contributed by atoms with Crippen molar-refractivity contribution < 1.29 is 8.42 Å². The Labute approximate surface area is 84.9 Å². The largest absolute Gasteiger partial charge is 0.399 e. The Morgan fingerprint density at radius 2 is 2.00 bits per heavy atom. The Bertz CT molecular complexity index is 424. The molecule has 0 aliphatic rings. The lowest BCUT2D eigenvalue weighted by Crippen LogP contribution is -2.07.